The van der Waals surface area contributed by atoms with Crippen molar-refractivity contribution in [1.29, 1.82) is 0 Å². The monoisotopic (exact) mass is 174 g/mol. The van der Waals surface area contributed by atoms with E-state index in [1.54, 1.807) is 6.07 Å². The van der Waals surface area contributed by atoms with Crippen molar-refractivity contribution in [3.63, 3.8) is 0 Å². The molecule has 0 atom stereocenters. The third-order valence-electron chi connectivity index (χ3n) is 2.42. The van der Waals surface area contributed by atoms with Crippen molar-refractivity contribution >= 4 is 10.9 Å². The van der Waals surface area contributed by atoms with Crippen LogP contribution in [0, 0.1) is 6.92 Å². The topological polar surface area (TPSA) is 24.1 Å². The Morgan fingerprint density at radius 2 is 1.92 bits per heavy atom. The molecule has 0 fully saturated rings. The Labute approximate surface area is 77.1 Å². The number of rotatable bonds is 0. The minimum Gasteiger partial charge on any atom is -0.507 e. The number of pyridine rings is 1. The molecule has 2 aromatic rings. The number of benzene rings is 1. The Bertz CT molecular complexity index is 463. The summed E-state index contributed by atoms with van der Waals surface area (Å²) in [5.74, 6) is 0.353. The molecule has 0 saturated carbocycles. The number of fused-ring (bicyclic) bond motifs is 1. The van der Waals surface area contributed by atoms with E-state index in [1.165, 1.54) is 0 Å². The molecule has 0 aliphatic carbocycles. The molecule has 1 aromatic carbocycles. The molecule has 0 saturated heterocycles. The molecular formula is C11H12NO+. The molecular weight excluding hydrogens is 162 g/mol. The Balaban J connectivity index is 2.97. The van der Waals surface area contributed by atoms with Crippen molar-refractivity contribution in [2.75, 3.05) is 0 Å². The van der Waals surface area contributed by atoms with E-state index in [1.807, 2.05) is 38.2 Å². The molecule has 0 spiro atoms. The molecule has 2 nitrogen and oxygen atoms in total. The Hall–Kier alpha value is -1.57. The van der Waals surface area contributed by atoms with Crippen LogP contribution in [0.2, 0.25) is 0 Å². The van der Waals surface area contributed by atoms with Gasteiger partial charge in [0, 0.05) is 19.1 Å². The van der Waals surface area contributed by atoms with Crippen LogP contribution in [-0.2, 0) is 7.05 Å². The predicted molar refractivity (Wildman–Crippen MR) is 51.5 cm³/mol. The first kappa shape index (κ1) is 8.05. The summed E-state index contributed by atoms with van der Waals surface area (Å²) in [4.78, 5) is 0. The van der Waals surface area contributed by atoms with Gasteiger partial charge in [0.2, 0.25) is 5.52 Å². The van der Waals surface area contributed by atoms with Gasteiger partial charge >= 0.3 is 0 Å². The lowest BCUT2D eigenvalue weighted by molar-refractivity contribution is -0.651. The van der Waals surface area contributed by atoms with Gasteiger partial charge in [-0.05, 0) is 6.07 Å². The van der Waals surface area contributed by atoms with Gasteiger partial charge in [-0.15, -0.1) is 0 Å². The number of hydrogen-bond acceptors (Lipinski definition) is 1. The maximum Gasteiger partial charge on any atom is 0.216 e. The summed E-state index contributed by atoms with van der Waals surface area (Å²) in [6.45, 7) is 1.98. The molecule has 0 aliphatic heterocycles. The van der Waals surface area contributed by atoms with Gasteiger partial charge in [-0.1, -0.05) is 12.1 Å². The number of aromatic hydroxyl groups is 1. The van der Waals surface area contributed by atoms with E-state index < -0.39 is 0 Å². The van der Waals surface area contributed by atoms with Gasteiger partial charge in [0.1, 0.15) is 12.8 Å². The van der Waals surface area contributed by atoms with Crippen molar-refractivity contribution in [2.45, 2.75) is 6.92 Å². The smallest absolute Gasteiger partial charge is 0.216 e. The van der Waals surface area contributed by atoms with E-state index >= 15 is 0 Å². The minimum atomic E-state index is 0.353. The van der Waals surface area contributed by atoms with Gasteiger partial charge in [-0.25, -0.2) is 0 Å². The standard InChI is InChI=1S/C11H11NO/c1-8-7-11(13)9-5-3-4-6-10(9)12(8)2/h3-7H,1-2H3/p+1. The lowest BCUT2D eigenvalue weighted by Crippen LogP contribution is -2.32. The van der Waals surface area contributed by atoms with Crippen LogP contribution in [0.1, 0.15) is 5.69 Å². The van der Waals surface area contributed by atoms with E-state index in [2.05, 4.69) is 4.57 Å². The molecule has 66 valence electrons. The number of nitrogens with zero attached hydrogens (tertiary/aromatic N) is 1. The molecule has 0 radical (unpaired) electrons. The van der Waals surface area contributed by atoms with Gasteiger partial charge in [-0.2, -0.15) is 4.57 Å². The fourth-order valence-electron chi connectivity index (χ4n) is 1.55. The molecule has 1 heterocycles. The predicted octanol–water partition coefficient (Wildman–Crippen LogP) is 1.68. The maximum absolute atomic E-state index is 9.66. The van der Waals surface area contributed by atoms with Crippen LogP contribution in [0.25, 0.3) is 10.9 Å². The first-order chi connectivity index (χ1) is 6.20. The van der Waals surface area contributed by atoms with E-state index in [0.29, 0.717) is 5.75 Å². The van der Waals surface area contributed by atoms with Gasteiger partial charge in [-0.3, -0.25) is 0 Å². The van der Waals surface area contributed by atoms with Crippen LogP contribution < -0.4 is 4.57 Å². The zero-order valence-corrected chi connectivity index (χ0v) is 7.78. The van der Waals surface area contributed by atoms with Gasteiger partial charge < -0.3 is 5.11 Å². The minimum absolute atomic E-state index is 0.353. The second-order valence-corrected chi connectivity index (χ2v) is 3.25. The molecule has 2 rings (SSSR count). The van der Waals surface area contributed by atoms with Crippen molar-refractivity contribution < 1.29 is 9.67 Å². The number of hydrogen-bond donors (Lipinski definition) is 1. The van der Waals surface area contributed by atoms with Gasteiger partial charge in [0.25, 0.3) is 0 Å². The summed E-state index contributed by atoms with van der Waals surface area (Å²) in [5, 5.41) is 10.6. The Kier molecular flexibility index (Phi) is 1.69. The number of aryl methyl sites for hydroxylation is 2. The lowest BCUT2D eigenvalue weighted by Gasteiger charge is -2.01. The average molecular weight is 174 g/mol. The third-order valence-corrected chi connectivity index (χ3v) is 2.42. The highest BCUT2D eigenvalue weighted by Crippen LogP contribution is 2.21. The van der Waals surface area contributed by atoms with Gasteiger partial charge in [0.15, 0.2) is 5.69 Å². The second kappa shape index (κ2) is 2.73. The van der Waals surface area contributed by atoms with Crippen LogP contribution in [0.5, 0.6) is 5.75 Å². The maximum atomic E-state index is 9.66. The number of para-hydroxylation sites is 1. The highest BCUT2D eigenvalue weighted by Gasteiger charge is 2.11. The van der Waals surface area contributed by atoms with Crippen LogP contribution >= 0.6 is 0 Å². The fraction of sp³-hybridized carbons (Fsp3) is 0.182. The summed E-state index contributed by atoms with van der Waals surface area (Å²) in [7, 11) is 2.00. The van der Waals surface area contributed by atoms with Crippen molar-refractivity contribution in [3.05, 3.63) is 36.0 Å². The van der Waals surface area contributed by atoms with Gasteiger partial charge in [0.05, 0.1) is 5.39 Å². The van der Waals surface area contributed by atoms with Crippen molar-refractivity contribution in [3.8, 4) is 5.75 Å². The molecule has 0 bridgehead atoms. The van der Waals surface area contributed by atoms with Crippen molar-refractivity contribution in [1.82, 2.24) is 0 Å². The zero-order valence-electron chi connectivity index (χ0n) is 7.78. The highest BCUT2D eigenvalue weighted by atomic mass is 16.3. The fourth-order valence-corrected chi connectivity index (χ4v) is 1.55. The normalized spacial score (nSPS) is 10.6. The molecule has 13 heavy (non-hydrogen) atoms. The Morgan fingerprint density at radius 3 is 2.69 bits per heavy atom. The quantitative estimate of drug-likeness (QED) is 0.604. The third kappa shape index (κ3) is 1.15. The van der Waals surface area contributed by atoms with E-state index in [0.717, 1.165) is 16.6 Å². The van der Waals surface area contributed by atoms with E-state index in [9.17, 15) is 5.11 Å². The molecule has 1 N–H and O–H groups in total. The molecule has 0 unspecified atom stereocenters. The first-order valence-electron chi connectivity index (χ1n) is 4.27. The molecule has 1 aromatic heterocycles. The summed E-state index contributed by atoms with van der Waals surface area (Å²) >= 11 is 0. The number of aromatic nitrogens is 1. The Morgan fingerprint density at radius 1 is 1.23 bits per heavy atom. The van der Waals surface area contributed by atoms with Crippen LogP contribution in [0.4, 0.5) is 0 Å². The summed E-state index contributed by atoms with van der Waals surface area (Å²) in [6, 6.07) is 9.60. The molecule has 0 amide bonds. The SMILES string of the molecule is Cc1cc(O)c2ccccc2[n+]1C. The highest BCUT2D eigenvalue weighted by molar-refractivity contribution is 5.82. The molecule has 2 heteroatoms. The molecule has 0 aliphatic rings. The first-order valence-corrected chi connectivity index (χ1v) is 4.27. The second-order valence-electron chi connectivity index (χ2n) is 3.25. The lowest BCUT2D eigenvalue weighted by atomic mass is 10.2. The summed E-state index contributed by atoms with van der Waals surface area (Å²) in [6.07, 6.45) is 0. The van der Waals surface area contributed by atoms with Crippen LogP contribution in [-0.4, -0.2) is 5.11 Å². The average Bonchev–Trinajstić information content (AvgIpc) is 2.15. The van der Waals surface area contributed by atoms with E-state index in [4.69, 9.17) is 0 Å². The van der Waals surface area contributed by atoms with Crippen LogP contribution in [0.15, 0.2) is 30.3 Å². The van der Waals surface area contributed by atoms with E-state index in [-0.39, 0.29) is 0 Å². The zero-order chi connectivity index (χ0) is 9.42. The summed E-state index contributed by atoms with van der Waals surface area (Å²) < 4.78 is 2.06. The summed E-state index contributed by atoms with van der Waals surface area (Å²) in [5.41, 5.74) is 2.11. The van der Waals surface area contributed by atoms with Crippen LogP contribution in [0.3, 0.4) is 0 Å². The van der Waals surface area contributed by atoms with Crippen molar-refractivity contribution in [2.24, 2.45) is 7.05 Å². The largest absolute Gasteiger partial charge is 0.507 e.